The van der Waals surface area contributed by atoms with E-state index in [1.54, 1.807) is 0 Å². The Kier molecular flexibility index (Phi) is 4.28. The summed E-state index contributed by atoms with van der Waals surface area (Å²) in [6.07, 6.45) is 1.95. The third-order valence-corrected chi connectivity index (χ3v) is 2.08. The van der Waals surface area contributed by atoms with Gasteiger partial charge in [-0.15, -0.1) is 0 Å². The van der Waals surface area contributed by atoms with Crippen molar-refractivity contribution < 1.29 is 13.9 Å². The third kappa shape index (κ3) is 3.35. The largest absolute Gasteiger partial charge is 0.493 e. The average Bonchev–Trinajstić information content (AvgIpc) is 2.20. The van der Waals surface area contributed by atoms with Gasteiger partial charge in [0.1, 0.15) is 11.6 Å². The second kappa shape index (κ2) is 5.49. The smallest absolute Gasteiger partial charge is 0.163 e. The molecule has 2 nitrogen and oxygen atoms in total. The third-order valence-electron chi connectivity index (χ3n) is 2.08. The van der Waals surface area contributed by atoms with Crippen molar-refractivity contribution in [1.29, 1.82) is 0 Å². The zero-order chi connectivity index (χ0) is 11.3. The van der Waals surface area contributed by atoms with Crippen molar-refractivity contribution in [3.63, 3.8) is 0 Å². The Morgan fingerprint density at radius 1 is 1.47 bits per heavy atom. The van der Waals surface area contributed by atoms with Crippen molar-refractivity contribution in [2.24, 2.45) is 0 Å². The van der Waals surface area contributed by atoms with E-state index in [9.17, 15) is 9.18 Å². The highest BCUT2D eigenvalue weighted by Gasteiger charge is 2.09. The molecule has 0 aliphatic rings. The van der Waals surface area contributed by atoms with Crippen LogP contribution in [0.1, 0.15) is 37.0 Å². The fourth-order valence-corrected chi connectivity index (χ4v) is 1.23. The molecule has 0 atom stereocenters. The van der Waals surface area contributed by atoms with Gasteiger partial charge >= 0.3 is 0 Å². The summed E-state index contributed by atoms with van der Waals surface area (Å²) in [5.41, 5.74) is 0.311. The van der Waals surface area contributed by atoms with E-state index in [4.69, 9.17) is 4.74 Å². The zero-order valence-electron chi connectivity index (χ0n) is 9.05. The summed E-state index contributed by atoms with van der Waals surface area (Å²) >= 11 is 0. The number of carbonyl (C=O) groups excluding carboxylic acids is 1. The number of hydrogen-bond acceptors (Lipinski definition) is 2. The van der Waals surface area contributed by atoms with Gasteiger partial charge in [0, 0.05) is 0 Å². The van der Waals surface area contributed by atoms with Crippen molar-refractivity contribution >= 4 is 5.78 Å². The molecular formula is C12H15FO2. The molecule has 0 spiro atoms. The van der Waals surface area contributed by atoms with Gasteiger partial charge in [-0.05, 0) is 31.5 Å². The molecule has 1 rings (SSSR count). The fourth-order valence-electron chi connectivity index (χ4n) is 1.23. The molecule has 0 unspecified atom stereocenters. The maximum Gasteiger partial charge on any atom is 0.163 e. The van der Waals surface area contributed by atoms with Gasteiger partial charge < -0.3 is 4.74 Å². The lowest BCUT2D eigenvalue weighted by Gasteiger charge is -2.08. The Hall–Kier alpha value is -1.38. The van der Waals surface area contributed by atoms with Crippen molar-refractivity contribution in [3.8, 4) is 5.75 Å². The van der Waals surface area contributed by atoms with Crippen LogP contribution in [0, 0.1) is 5.82 Å². The molecule has 0 fully saturated rings. The standard InChI is InChI=1S/C12H15FO2/c1-3-4-7-15-12-6-5-10(13)8-11(12)9(2)14/h5-6,8H,3-4,7H2,1-2H3. The van der Waals surface area contributed by atoms with Crippen LogP contribution in [0.2, 0.25) is 0 Å². The molecule has 82 valence electrons. The van der Waals surface area contributed by atoms with Gasteiger partial charge in [-0.3, -0.25) is 4.79 Å². The van der Waals surface area contributed by atoms with E-state index in [1.807, 2.05) is 0 Å². The SMILES string of the molecule is CCCCOc1ccc(F)cc1C(C)=O. The number of hydrogen-bond donors (Lipinski definition) is 0. The average molecular weight is 210 g/mol. The van der Waals surface area contributed by atoms with Crippen molar-refractivity contribution in [1.82, 2.24) is 0 Å². The molecule has 0 heterocycles. The fraction of sp³-hybridized carbons (Fsp3) is 0.417. The molecule has 0 saturated carbocycles. The monoisotopic (exact) mass is 210 g/mol. The van der Waals surface area contributed by atoms with Gasteiger partial charge in [-0.25, -0.2) is 4.39 Å². The molecule has 3 heteroatoms. The summed E-state index contributed by atoms with van der Waals surface area (Å²) in [4.78, 5) is 11.2. The second-order valence-corrected chi connectivity index (χ2v) is 3.40. The summed E-state index contributed by atoms with van der Waals surface area (Å²) in [6, 6.07) is 4.01. The van der Waals surface area contributed by atoms with Crippen LogP contribution in [0.3, 0.4) is 0 Å². The molecule has 0 aliphatic carbocycles. The number of carbonyl (C=O) groups is 1. The highest BCUT2D eigenvalue weighted by molar-refractivity contribution is 5.96. The zero-order valence-corrected chi connectivity index (χ0v) is 9.05. The lowest BCUT2D eigenvalue weighted by atomic mass is 10.1. The van der Waals surface area contributed by atoms with E-state index < -0.39 is 5.82 Å². The number of ketones is 1. The lowest BCUT2D eigenvalue weighted by Crippen LogP contribution is -2.03. The minimum Gasteiger partial charge on any atom is -0.493 e. The number of rotatable bonds is 5. The number of ether oxygens (including phenoxy) is 1. The normalized spacial score (nSPS) is 10.1. The van der Waals surface area contributed by atoms with Gasteiger partial charge in [0.15, 0.2) is 5.78 Å². The van der Waals surface area contributed by atoms with Gasteiger partial charge in [0.25, 0.3) is 0 Å². The van der Waals surface area contributed by atoms with E-state index in [0.29, 0.717) is 17.9 Å². The first-order valence-electron chi connectivity index (χ1n) is 5.08. The summed E-state index contributed by atoms with van der Waals surface area (Å²) in [5.74, 6) is -0.124. The Bertz CT molecular complexity index is 347. The van der Waals surface area contributed by atoms with Crippen LogP contribution in [-0.4, -0.2) is 12.4 Å². The molecule has 0 aromatic heterocycles. The molecule has 0 saturated heterocycles. The highest BCUT2D eigenvalue weighted by atomic mass is 19.1. The van der Waals surface area contributed by atoms with E-state index in [0.717, 1.165) is 12.8 Å². The highest BCUT2D eigenvalue weighted by Crippen LogP contribution is 2.20. The number of halogens is 1. The van der Waals surface area contributed by atoms with E-state index in [2.05, 4.69) is 6.92 Å². The molecule has 1 aromatic rings. The first-order valence-corrected chi connectivity index (χ1v) is 5.08. The Balaban J connectivity index is 2.81. The minimum atomic E-state index is -0.414. The first-order chi connectivity index (χ1) is 7.15. The molecule has 1 aromatic carbocycles. The minimum absolute atomic E-state index is 0.180. The lowest BCUT2D eigenvalue weighted by molar-refractivity contribution is 0.101. The molecule has 0 bridgehead atoms. The van der Waals surface area contributed by atoms with Crippen molar-refractivity contribution in [2.45, 2.75) is 26.7 Å². The summed E-state index contributed by atoms with van der Waals surface area (Å²) < 4.78 is 18.3. The van der Waals surface area contributed by atoms with E-state index in [1.165, 1.54) is 25.1 Å². The van der Waals surface area contributed by atoms with Crippen molar-refractivity contribution in [2.75, 3.05) is 6.61 Å². The van der Waals surface area contributed by atoms with Crippen LogP contribution >= 0.6 is 0 Å². The maximum absolute atomic E-state index is 12.9. The topological polar surface area (TPSA) is 26.3 Å². The Morgan fingerprint density at radius 2 is 2.20 bits per heavy atom. The van der Waals surface area contributed by atoms with Crippen LogP contribution in [0.5, 0.6) is 5.75 Å². The van der Waals surface area contributed by atoms with Gasteiger partial charge in [-0.2, -0.15) is 0 Å². The van der Waals surface area contributed by atoms with Gasteiger partial charge in [0.05, 0.1) is 12.2 Å². The molecule has 0 N–H and O–H groups in total. The molecule has 0 aliphatic heterocycles. The van der Waals surface area contributed by atoms with Crippen LogP contribution in [-0.2, 0) is 0 Å². The summed E-state index contributed by atoms with van der Waals surface area (Å²) in [7, 11) is 0. The Labute approximate surface area is 89.1 Å². The number of Topliss-reactive ketones (excluding diaryl/α,β-unsaturated/α-hetero) is 1. The number of unbranched alkanes of at least 4 members (excludes halogenated alkanes) is 1. The predicted molar refractivity (Wildman–Crippen MR) is 56.8 cm³/mol. The van der Waals surface area contributed by atoms with Crippen LogP contribution in [0.15, 0.2) is 18.2 Å². The van der Waals surface area contributed by atoms with Crippen molar-refractivity contribution in [3.05, 3.63) is 29.6 Å². The Morgan fingerprint density at radius 3 is 2.80 bits per heavy atom. The van der Waals surface area contributed by atoms with E-state index >= 15 is 0 Å². The molecule has 0 amide bonds. The molecule has 0 radical (unpaired) electrons. The number of benzene rings is 1. The predicted octanol–water partition coefficient (Wildman–Crippen LogP) is 3.21. The van der Waals surface area contributed by atoms with Crippen LogP contribution in [0.4, 0.5) is 4.39 Å². The van der Waals surface area contributed by atoms with Crippen LogP contribution in [0.25, 0.3) is 0 Å². The van der Waals surface area contributed by atoms with Gasteiger partial charge in [-0.1, -0.05) is 13.3 Å². The summed E-state index contributed by atoms with van der Waals surface area (Å²) in [6.45, 7) is 4.02. The molecular weight excluding hydrogens is 195 g/mol. The van der Waals surface area contributed by atoms with E-state index in [-0.39, 0.29) is 5.78 Å². The van der Waals surface area contributed by atoms with Gasteiger partial charge in [0.2, 0.25) is 0 Å². The second-order valence-electron chi connectivity index (χ2n) is 3.40. The van der Waals surface area contributed by atoms with Crippen LogP contribution < -0.4 is 4.74 Å². The summed E-state index contributed by atoms with van der Waals surface area (Å²) in [5, 5.41) is 0. The quantitative estimate of drug-likeness (QED) is 0.551. The molecule has 15 heavy (non-hydrogen) atoms. The maximum atomic E-state index is 12.9. The first kappa shape index (κ1) is 11.7.